The van der Waals surface area contributed by atoms with Crippen LogP contribution in [0.1, 0.15) is 55.5 Å². The third kappa shape index (κ3) is 4.54. The van der Waals surface area contributed by atoms with Gasteiger partial charge in [-0.25, -0.2) is 9.78 Å². The number of nitrogens with two attached hydrogens (primary N) is 1. The maximum atomic E-state index is 12.8. The second-order valence-electron chi connectivity index (χ2n) is 7.56. The van der Waals surface area contributed by atoms with E-state index < -0.39 is 17.7 Å². The fourth-order valence-corrected chi connectivity index (χ4v) is 4.04. The smallest absolute Gasteiger partial charge is 0.320 e. The van der Waals surface area contributed by atoms with Crippen LogP contribution in [-0.2, 0) is 11.2 Å². The van der Waals surface area contributed by atoms with Crippen molar-refractivity contribution in [1.82, 2.24) is 10.3 Å². The molecule has 2 amide bonds. The van der Waals surface area contributed by atoms with Crippen molar-refractivity contribution >= 4 is 23.4 Å². The molecule has 0 unspecified atom stereocenters. The van der Waals surface area contributed by atoms with Gasteiger partial charge >= 0.3 is 6.03 Å². The Kier molecular flexibility index (Phi) is 6.56. The van der Waals surface area contributed by atoms with Crippen molar-refractivity contribution in [3.63, 3.8) is 0 Å². The van der Waals surface area contributed by atoms with Gasteiger partial charge in [0.1, 0.15) is 5.82 Å². The molecule has 2 aromatic rings. The van der Waals surface area contributed by atoms with Crippen molar-refractivity contribution in [2.24, 2.45) is 0 Å². The maximum absolute atomic E-state index is 12.8. The Labute approximate surface area is 176 Å². The topological polar surface area (TPSA) is 133 Å². The number of amides is 2. The minimum atomic E-state index is -0.989. The summed E-state index contributed by atoms with van der Waals surface area (Å²) in [5.41, 5.74) is 7.24. The van der Waals surface area contributed by atoms with Crippen LogP contribution in [0.2, 0.25) is 0 Å². The van der Waals surface area contributed by atoms with E-state index in [2.05, 4.69) is 15.6 Å². The molecule has 8 heteroatoms. The minimum absolute atomic E-state index is 0.0690. The Morgan fingerprint density at radius 2 is 2.00 bits per heavy atom. The molecule has 0 bridgehead atoms. The first kappa shape index (κ1) is 21.6. The number of aryl methyl sites for hydroxylation is 1. The molecule has 0 saturated heterocycles. The van der Waals surface area contributed by atoms with Crippen LogP contribution in [0.4, 0.5) is 16.3 Å². The fraction of sp³-hybridized carbons (Fsp3) is 0.409. The highest BCUT2D eigenvalue weighted by Gasteiger charge is 2.41. The van der Waals surface area contributed by atoms with E-state index in [1.807, 2.05) is 37.3 Å². The summed E-state index contributed by atoms with van der Waals surface area (Å²) < 4.78 is 4.99. The number of aliphatic hydroxyl groups is 1. The van der Waals surface area contributed by atoms with Crippen LogP contribution < -0.4 is 16.4 Å². The van der Waals surface area contributed by atoms with E-state index in [0.29, 0.717) is 36.2 Å². The summed E-state index contributed by atoms with van der Waals surface area (Å²) in [5.74, 6) is 0.208. The van der Waals surface area contributed by atoms with Crippen molar-refractivity contribution in [1.29, 1.82) is 5.41 Å². The average Bonchev–Trinajstić information content (AvgIpc) is 3.19. The van der Waals surface area contributed by atoms with Crippen LogP contribution in [0, 0.1) is 5.41 Å². The Morgan fingerprint density at radius 1 is 1.33 bits per heavy atom. The lowest BCUT2D eigenvalue weighted by atomic mass is 9.87. The number of hydrogen-bond acceptors (Lipinski definition) is 6. The van der Waals surface area contributed by atoms with E-state index in [1.165, 1.54) is 13.2 Å². The van der Waals surface area contributed by atoms with Crippen molar-refractivity contribution in [2.45, 2.75) is 50.7 Å². The van der Waals surface area contributed by atoms with E-state index in [9.17, 15) is 9.90 Å². The molecule has 8 nitrogen and oxygen atoms in total. The summed E-state index contributed by atoms with van der Waals surface area (Å²) in [6.45, 7) is 1.89. The number of anilines is 2. The number of aromatic nitrogens is 1. The number of nitrogen functional groups attached to an aromatic ring is 1. The first-order valence-electron chi connectivity index (χ1n) is 10.1. The van der Waals surface area contributed by atoms with Crippen LogP contribution >= 0.6 is 0 Å². The van der Waals surface area contributed by atoms with E-state index in [-0.39, 0.29) is 11.7 Å². The van der Waals surface area contributed by atoms with Crippen LogP contribution in [0.25, 0.3) is 0 Å². The van der Waals surface area contributed by atoms with Gasteiger partial charge in [0.05, 0.1) is 30.0 Å². The summed E-state index contributed by atoms with van der Waals surface area (Å²) in [6.07, 6.45) is 3.63. The Hall–Kier alpha value is -3.13. The number of rotatable bonds is 6. The normalized spacial score (nSPS) is 16.0. The third-order valence-electron chi connectivity index (χ3n) is 5.55. The standard InChI is InChI=1S/C22H29N5O3/c1-3-16-18(20(24)30-2)15(23)13-17(25-16)26-21(28)27-19(14-9-5-4-6-10-14)22(29)11-7-8-12-22/h4-6,9-10,13,19,24,29H,3,7-8,11-12H2,1-2H3,(H4,23,25,26,27,28)/t19-/m0/s1. The number of methoxy groups -OCH3 is 1. The van der Waals surface area contributed by atoms with Gasteiger partial charge in [-0.2, -0.15) is 0 Å². The molecular formula is C22H29N5O3. The van der Waals surface area contributed by atoms with Crippen molar-refractivity contribution < 1.29 is 14.6 Å². The second kappa shape index (κ2) is 9.13. The molecule has 160 valence electrons. The number of carbonyl (C=O) groups is 1. The summed E-state index contributed by atoms with van der Waals surface area (Å²) in [5, 5.41) is 24.7. The maximum Gasteiger partial charge on any atom is 0.320 e. The van der Waals surface area contributed by atoms with Crippen LogP contribution in [-0.4, -0.2) is 34.7 Å². The summed E-state index contributed by atoms with van der Waals surface area (Å²) in [7, 11) is 1.40. The highest BCUT2D eigenvalue weighted by atomic mass is 16.5. The summed E-state index contributed by atoms with van der Waals surface area (Å²) >= 11 is 0. The summed E-state index contributed by atoms with van der Waals surface area (Å²) in [6, 6.07) is 9.97. The predicted octanol–water partition coefficient (Wildman–Crippen LogP) is 3.37. The highest BCUT2D eigenvalue weighted by Crippen LogP contribution is 2.39. The molecular weight excluding hydrogens is 382 g/mol. The lowest BCUT2D eigenvalue weighted by molar-refractivity contribution is 0.0113. The molecule has 1 atom stereocenters. The summed E-state index contributed by atoms with van der Waals surface area (Å²) in [4.78, 5) is 17.2. The van der Waals surface area contributed by atoms with E-state index >= 15 is 0 Å². The van der Waals surface area contributed by atoms with Gasteiger partial charge in [-0.1, -0.05) is 50.1 Å². The predicted molar refractivity (Wildman–Crippen MR) is 117 cm³/mol. The Morgan fingerprint density at radius 3 is 2.60 bits per heavy atom. The van der Waals surface area contributed by atoms with Gasteiger partial charge < -0.3 is 20.9 Å². The molecule has 1 fully saturated rings. The number of ether oxygens (including phenoxy) is 1. The van der Waals surface area contributed by atoms with Gasteiger partial charge in [0.2, 0.25) is 5.90 Å². The average molecular weight is 412 g/mol. The lowest BCUT2D eigenvalue weighted by Crippen LogP contribution is -2.46. The third-order valence-corrected chi connectivity index (χ3v) is 5.55. The molecule has 1 saturated carbocycles. The van der Waals surface area contributed by atoms with Gasteiger partial charge in [0.15, 0.2) is 0 Å². The molecule has 1 aliphatic carbocycles. The van der Waals surface area contributed by atoms with Crippen LogP contribution in [0.5, 0.6) is 0 Å². The molecule has 1 aromatic heterocycles. The molecule has 1 heterocycles. The minimum Gasteiger partial charge on any atom is -0.481 e. The molecule has 6 N–H and O–H groups in total. The highest BCUT2D eigenvalue weighted by molar-refractivity contribution is 5.99. The van der Waals surface area contributed by atoms with Crippen LogP contribution in [0.3, 0.4) is 0 Å². The zero-order chi connectivity index (χ0) is 21.7. The number of nitrogens with one attached hydrogen (secondary N) is 3. The number of nitrogens with zero attached hydrogens (tertiary/aromatic N) is 1. The second-order valence-corrected chi connectivity index (χ2v) is 7.56. The fourth-order valence-electron chi connectivity index (χ4n) is 4.04. The van der Waals surface area contributed by atoms with Crippen molar-refractivity contribution in [3.05, 3.63) is 53.2 Å². The van der Waals surface area contributed by atoms with E-state index in [1.54, 1.807) is 0 Å². The zero-order valence-corrected chi connectivity index (χ0v) is 17.4. The van der Waals surface area contributed by atoms with Crippen molar-refractivity contribution in [2.75, 3.05) is 18.2 Å². The van der Waals surface area contributed by atoms with Gasteiger partial charge in [-0.05, 0) is 24.8 Å². The number of hydrogen-bond donors (Lipinski definition) is 5. The Balaban J connectivity index is 1.82. The zero-order valence-electron chi connectivity index (χ0n) is 17.4. The number of carbonyl (C=O) groups excluding carboxylic acids is 1. The molecule has 0 radical (unpaired) electrons. The monoisotopic (exact) mass is 411 g/mol. The van der Waals surface area contributed by atoms with Gasteiger partial charge in [-0.3, -0.25) is 10.7 Å². The Bertz CT molecular complexity index is 910. The van der Waals surface area contributed by atoms with Crippen molar-refractivity contribution in [3.8, 4) is 0 Å². The molecule has 1 aromatic carbocycles. The quantitative estimate of drug-likeness (QED) is 0.367. The first-order valence-corrected chi connectivity index (χ1v) is 10.1. The number of benzene rings is 1. The molecule has 3 rings (SSSR count). The molecule has 0 spiro atoms. The van der Waals surface area contributed by atoms with Crippen LogP contribution in [0.15, 0.2) is 36.4 Å². The van der Waals surface area contributed by atoms with Gasteiger partial charge in [0.25, 0.3) is 0 Å². The van der Waals surface area contributed by atoms with E-state index in [0.717, 1.165) is 18.4 Å². The molecule has 1 aliphatic rings. The number of pyridine rings is 1. The molecule has 0 aliphatic heterocycles. The lowest BCUT2D eigenvalue weighted by Gasteiger charge is -2.33. The largest absolute Gasteiger partial charge is 0.481 e. The van der Waals surface area contributed by atoms with Gasteiger partial charge in [-0.15, -0.1) is 0 Å². The van der Waals surface area contributed by atoms with E-state index in [4.69, 9.17) is 15.9 Å². The van der Waals surface area contributed by atoms with Gasteiger partial charge in [0, 0.05) is 11.8 Å². The molecule has 30 heavy (non-hydrogen) atoms. The first-order chi connectivity index (χ1) is 14.4. The number of urea groups is 1. The SMILES string of the molecule is CCc1nc(NC(=O)N[C@@H](c2ccccc2)C2(O)CCCC2)cc(N)c1C(=N)OC.